The van der Waals surface area contributed by atoms with E-state index in [2.05, 4.69) is 20.9 Å². The molecule has 4 nitrogen and oxygen atoms in total. The number of hydrogen-bond acceptors (Lipinski definition) is 3. The van der Waals surface area contributed by atoms with Gasteiger partial charge in [0.25, 0.3) is 5.91 Å². The molecule has 2 rings (SSSR count). The van der Waals surface area contributed by atoms with Gasteiger partial charge in [0, 0.05) is 25.4 Å². The molecule has 21 heavy (non-hydrogen) atoms. The molecule has 0 saturated heterocycles. The standard InChI is InChI=1S/C16H17BrN2O2/c1-3-21-14-7-5-4-6-13(14)11-19(2)16(20)12-8-9-15(17)18-10-12/h4-10H,3,11H2,1-2H3. The summed E-state index contributed by atoms with van der Waals surface area (Å²) >= 11 is 3.26. The number of amides is 1. The van der Waals surface area contributed by atoms with Crippen LogP contribution in [-0.2, 0) is 6.54 Å². The van der Waals surface area contributed by atoms with E-state index >= 15 is 0 Å². The van der Waals surface area contributed by atoms with Crippen molar-refractivity contribution in [1.29, 1.82) is 0 Å². The molecule has 110 valence electrons. The monoisotopic (exact) mass is 348 g/mol. The number of ether oxygens (including phenoxy) is 1. The van der Waals surface area contributed by atoms with Crippen LogP contribution in [0.3, 0.4) is 0 Å². The summed E-state index contributed by atoms with van der Waals surface area (Å²) in [5, 5.41) is 0. The van der Waals surface area contributed by atoms with Crippen molar-refractivity contribution < 1.29 is 9.53 Å². The van der Waals surface area contributed by atoms with E-state index in [4.69, 9.17) is 4.74 Å². The molecule has 1 aromatic heterocycles. The van der Waals surface area contributed by atoms with E-state index in [-0.39, 0.29) is 5.91 Å². The normalized spacial score (nSPS) is 10.2. The largest absolute Gasteiger partial charge is 0.494 e. The zero-order valence-electron chi connectivity index (χ0n) is 12.0. The molecule has 0 radical (unpaired) electrons. The maximum absolute atomic E-state index is 12.4. The van der Waals surface area contributed by atoms with E-state index in [0.29, 0.717) is 23.3 Å². The third kappa shape index (κ3) is 4.04. The van der Waals surface area contributed by atoms with Crippen molar-refractivity contribution in [3.8, 4) is 5.75 Å². The minimum Gasteiger partial charge on any atom is -0.494 e. The summed E-state index contributed by atoms with van der Waals surface area (Å²) in [6.45, 7) is 3.04. The molecule has 0 spiro atoms. The van der Waals surface area contributed by atoms with E-state index < -0.39 is 0 Å². The van der Waals surface area contributed by atoms with Crippen LogP contribution in [0.4, 0.5) is 0 Å². The lowest BCUT2D eigenvalue weighted by atomic mass is 10.1. The molecule has 0 aliphatic rings. The number of aromatic nitrogens is 1. The van der Waals surface area contributed by atoms with Gasteiger partial charge in [0.1, 0.15) is 10.4 Å². The van der Waals surface area contributed by atoms with E-state index in [9.17, 15) is 4.79 Å². The second kappa shape index (κ2) is 7.22. The van der Waals surface area contributed by atoms with Gasteiger partial charge >= 0.3 is 0 Å². The molecule has 5 heteroatoms. The van der Waals surface area contributed by atoms with E-state index in [1.807, 2.05) is 31.2 Å². The summed E-state index contributed by atoms with van der Waals surface area (Å²) in [6.07, 6.45) is 1.57. The van der Waals surface area contributed by atoms with Crippen molar-refractivity contribution in [1.82, 2.24) is 9.88 Å². The van der Waals surface area contributed by atoms with Gasteiger partial charge in [-0.15, -0.1) is 0 Å². The SMILES string of the molecule is CCOc1ccccc1CN(C)C(=O)c1ccc(Br)nc1. The van der Waals surface area contributed by atoms with Crippen LogP contribution in [0.5, 0.6) is 5.75 Å². The lowest BCUT2D eigenvalue weighted by molar-refractivity contribution is 0.0783. The fraction of sp³-hybridized carbons (Fsp3) is 0.250. The predicted molar refractivity (Wildman–Crippen MR) is 85.3 cm³/mol. The van der Waals surface area contributed by atoms with Gasteiger partial charge in [-0.05, 0) is 41.1 Å². The fourth-order valence-electron chi connectivity index (χ4n) is 1.98. The molecule has 0 fully saturated rings. The molecule has 0 unspecified atom stereocenters. The average molecular weight is 349 g/mol. The van der Waals surface area contributed by atoms with Crippen LogP contribution in [0.2, 0.25) is 0 Å². The highest BCUT2D eigenvalue weighted by Crippen LogP contribution is 2.20. The van der Waals surface area contributed by atoms with Gasteiger partial charge in [0.2, 0.25) is 0 Å². The van der Waals surface area contributed by atoms with Gasteiger partial charge in [0.15, 0.2) is 0 Å². The molecule has 1 amide bonds. The lowest BCUT2D eigenvalue weighted by Crippen LogP contribution is -2.26. The third-order valence-corrected chi connectivity index (χ3v) is 3.47. The Hall–Kier alpha value is -1.88. The van der Waals surface area contributed by atoms with Crippen molar-refractivity contribution in [2.45, 2.75) is 13.5 Å². The van der Waals surface area contributed by atoms with E-state index in [1.54, 1.807) is 30.3 Å². The zero-order valence-corrected chi connectivity index (χ0v) is 13.6. The highest BCUT2D eigenvalue weighted by atomic mass is 79.9. The summed E-state index contributed by atoms with van der Waals surface area (Å²) in [5.74, 6) is 0.745. The highest BCUT2D eigenvalue weighted by Gasteiger charge is 2.14. The summed E-state index contributed by atoms with van der Waals surface area (Å²) in [6, 6.07) is 11.3. The third-order valence-electron chi connectivity index (χ3n) is 3.00. The maximum atomic E-state index is 12.4. The molecular weight excluding hydrogens is 332 g/mol. The van der Waals surface area contributed by atoms with Gasteiger partial charge in [-0.3, -0.25) is 4.79 Å². The van der Waals surface area contributed by atoms with Crippen molar-refractivity contribution in [2.24, 2.45) is 0 Å². The summed E-state index contributed by atoms with van der Waals surface area (Å²) in [4.78, 5) is 18.1. The van der Waals surface area contributed by atoms with Crippen molar-refractivity contribution in [3.05, 3.63) is 58.3 Å². The Kier molecular flexibility index (Phi) is 5.33. The van der Waals surface area contributed by atoms with Crippen LogP contribution in [0.1, 0.15) is 22.8 Å². The Labute approximate surface area is 132 Å². The predicted octanol–water partition coefficient (Wildman–Crippen LogP) is 3.52. The summed E-state index contributed by atoms with van der Waals surface area (Å²) in [5.41, 5.74) is 1.55. The Balaban J connectivity index is 2.12. The smallest absolute Gasteiger partial charge is 0.255 e. The van der Waals surface area contributed by atoms with E-state index in [1.165, 1.54) is 0 Å². The van der Waals surface area contributed by atoms with Gasteiger partial charge in [-0.25, -0.2) is 4.98 Å². The van der Waals surface area contributed by atoms with Crippen molar-refractivity contribution in [3.63, 3.8) is 0 Å². The van der Waals surface area contributed by atoms with E-state index in [0.717, 1.165) is 11.3 Å². The number of carbonyl (C=O) groups is 1. The average Bonchev–Trinajstić information content (AvgIpc) is 2.49. The Morgan fingerprint density at radius 2 is 2.05 bits per heavy atom. The number of benzene rings is 1. The number of pyridine rings is 1. The molecular formula is C16H17BrN2O2. The van der Waals surface area contributed by atoms with Gasteiger partial charge in [-0.1, -0.05) is 18.2 Å². The molecule has 1 heterocycles. The molecule has 1 aromatic carbocycles. The maximum Gasteiger partial charge on any atom is 0.255 e. The number of nitrogens with zero attached hydrogens (tertiary/aromatic N) is 2. The van der Waals surface area contributed by atoms with Crippen LogP contribution < -0.4 is 4.74 Å². The van der Waals surface area contributed by atoms with Crippen LogP contribution in [0, 0.1) is 0 Å². The first-order valence-electron chi connectivity index (χ1n) is 6.69. The number of hydrogen-bond donors (Lipinski definition) is 0. The lowest BCUT2D eigenvalue weighted by Gasteiger charge is -2.19. The molecule has 0 N–H and O–H groups in total. The first kappa shape index (κ1) is 15.5. The first-order valence-corrected chi connectivity index (χ1v) is 7.49. The van der Waals surface area contributed by atoms with Crippen molar-refractivity contribution >= 4 is 21.8 Å². The van der Waals surface area contributed by atoms with Crippen LogP contribution in [-0.4, -0.2) is 29.4 Å². The Morgan fingerprint density at radius 3 is 2.71 bits per heavy atom. The topological polar surface area (TPSA) is 42.4 Å². The minimum absolute atomic E-state index is 0.0682. The number of halogens is 1. The fourth-order valence-corrected chi connectivity index (χ4v) is 2.22. The van der Waals surface area contributed by atoms with Crippen LogP contribution >= 0.6 is 15.9 Å². The molecule has 0 atom stereocenters. The van der Waals surface area contributed by atoms with Crippen molar-refractivity contribution in [2.75, 3.05) is 13.7 Å². The van der Waals surface area contributed by atoms with Gasteiger partial charge in [-0.2, -0.15) is 0 Å². The molecule has 0 saturated carbocycles. The quantitative estimate of drug-likeness (QED) is 0.776. The number of carbonyl (C=O) groups excluding carboxylic acids is 1. The van der Waals surface area contributed by atoms with Gasteiger partial charge < -0.3 is 9.64 Å². The zero-order chi connectivity index (χ0) is 15.2. The van der Waals surface area contributed by atoms with Crippen LogP contribution in [0.15, 0.2) is 47.2 Å². The molecule has 0 bridgehead atoms. The second-order valence-corrected chi connectivity index (χ2v) is 5.38. The summed E-state index contributed by atoms with van der Waals surface area (Å²) < 4.78 is 6.29. The Bertz CT molecular complexity index is 614. The number of para-hydroxylation sites is 1. The number of rotatable bonds is 5. The molecule has 0 aliphatic carbocycles. The highest BCUT2D eigenvalue weighted by molar-refractivity contribution is 9.10. The van der Waals surface area contributed by atoms with Gasteiger partial charge in [0.05, 0.1) is 12.2 Å². The molecule has 2 aromatic rings. The summed E-state index contributed by atoms with van der Waals surface area (Å²) in [7, 11) is 1.77. The molecule has 0 aliphatic heterocycles. The van der Waals surface area contributed by atoms with Crippen LogP contribution in [0.25, 0.3) is 0 Å². The minimum atomic E-state index is -0.0682. The second-order valence-electron chi connectivity index (χ2n) is 4.57. The first-order chi connectivity index (χ1) is 10.1. The Morgan fingerprint density at radius 1 is 1.29 bits per heavy atom.